The molecule has 1 rings (SSSR count). The molecule has 1 heteroatoms. The molecule has 0 radical (unpaired) electrons. The highest BCUT2D eigenvalue weighted by Gasteiger charge is 2.07. The van der Waals surface area contributed by atoms with Gasteiger partial charge in [0.15, 0.2) is 0 Å². The first kappa shape index (κ1) is 26.1. The van der Waals surface area contributed by atoms with E-state index in [1.807, 2.05) is 12.1 Å². The van der Waals surface area contributed by atoms with Gasteiger partial charge in [-0.05, 0) is 42.9 Å². The lowest BCUT2D eigenvalue weighted by molar-refractivity contribution is 0.464. The molecule has 0 saturated carbocycles. The first-order valence-electron chi connectivity index (χ1n) is 13.1. The predicted octanol–water partition coefficient (Wildman–Crippen LogP) is 9.54. The van der Waals surface area contributed by atoms with Gasteiger partial charge in [0.2, 0.25) is 0 Å². The second-order valence-electron chi connectivity index (χ2n) is 9.07. The third-order valence-corrected chi connectivity index (χ3v) is 6.33. The molecule has 168 valence electrons. The summed E-state index contributed by atoms with van der Waals surface area (Å²) in [5.74, 6) is 0.525. The Morgan fingerprint density at radius 3 is 1.41 bits per heavy atom. The van der Waals surface area contributed by atoms with E-state index in [1.165, 1.54) is 127 Å². The Morgan fingerprint density at radius 2 is 0.931 bits per heavy atom. The molecule has 0 aliphatic heterocycles. The van der Waals surface area contributed by atoms with Crippen molar-refractivity contribution in [1.82, 2.24) is 0 Å². The van der Waals surface area contributed by atoms with Crippen molar-refractivity contribution >= 4 is 0 Å². The van der Waals surface area contributed by atoms with Crippen LogP contribution in [-0.2, 0) is 12.8 Å². The fourth-order valence-electron chi connectivity index (χ4n) is 4.38. The Kier molecular flexibility index (Phi) is 17.1. The van der Waals surface area contributed by atoms with E-state index in [0.717, 1.165) is 12.8 Å². The smallest absolute Gasteiger partial charge is 0.119 e. The summed E-state index contributed by atoms with van der Waals surface area (Å²) in [6, 6.07) is 6.15. The van der Waals surface area contributed by atoms with Crippen molar-refractivity contribution in [2.24, 2.45) is 0 Å². The highest BCUT2D eigenvalue weighted by molar-refractivity contribution is 5.39. The van der Waals surface area contributed by atoms with Gasteiger partial charge in [0, 0.05) is 0 Å². The summed E-state index contributed by atoms with van der Waals surface area (Å²) in [6.07, 6.45) is 26.8. The van der Waals surface area contributed by atoms with Gasteiger partial charge in [0.25, 0.3) is 0 Å². The number of hydrogen-bond acceptors (Lipinski definition) is 1. The molecule has 0 unspecified atom stereocenters. The molecule has 29 heavy (non-hydrogen) atoms. The van der Waals surface area contributed by atoms with E-state index in [9.17, 15) is 5.11 Å². The normalized spacial score (nSPS) is 11.2. The summed E-state index contributed by atoms with van der Waals surface area (Å²) < 4.78 is 0. The van der Waals surface area contributed by atoms with Crippen molar-refractivity contribution in [2.45, 2.75) is 142 Å². The molecule has 0 amide bonds. The number of rotatable bonds is 20. The van der Waals surface area contributed by atoms with E-state index in [2.05, 4.69) is 19.9 Å². The maximum atomic E-state index is 10.4. The van der Waals surface area contributed by atoms with Crippen LogP contribution in [0.1, 0.15) is 141 Å². The summed E-state index contributed by atoms with van der Waals surface area (Å²) >= 11 is 0. The lowest BCUT2D eigenvalue weighted by atomic mass is 9.95. The fraction of sp³-hybridized carbons (Fsp3) is 0.786. The second-order valence-corrected chi connectivity index (χ2v) is 9.07. The summed E-state index contributed by atoms with van der Waals surface area (Å²) in [5, 5.41) is 10.4. The Hall–Kier alpha value is -0.980. The van der Waals surface area contributed by atoms with Crippen molar-refractivity contribution < 1.29 is 5.11 Å². The molecular weight excluding hydrogens is 352 g/mol. The van der Waals surface area contributed by atoms with E-state index in [-0.39, 0.29) is 0 Å². The molecule has 0 fully saturated rings. The van der Waals surface area contributed by atoms with Crippen LogP contribution in [0.5, 0.6) is 5.75 Å². The monoisotopic (exact) mass is 402 g/mol. The average Bonchev–Trinajstić information content (AvgIpc) is 2.72. The molecule has 1 aromatic rings. The minimum atomic E-state index is 0.525. The van der Waals surface area contributed by atoms with Crippen LogP contribution in [0.2, 0.25) is 0 Å². The lowest BCUT2D eigenvalue weighted by Gasteiger charge is -2.12. The molecule has 1 aromatic carbocycles. The van der Waals surface area contributed by atoms with Crippen LogP contribution in [0.15, 0.2) is 18.2 Å². The van der Waals surface area contributed by atoms with E-state index in [4.69, 9.17) is 0 Å². The Morgan fingerprint density at radius 1 is 0.517 bits per heavy atom. The van der Waals surface area contributed by atoms with Gasteiger partial charge in [0.1, 0.15) is 5.75 Å². The zero-order valence-electron chi connectivity index (χ0n) is 19.8. The quantitative estimate of drug-likeness (QED) is 0.215. The van der Waals surface area contributed by atoms with Gasteiger partial charge >= 0.3 is 0 Å². The minimum absolute atomic E-state index is 0.525. The van der Waals surface area contributed by atoms with Crippen molar-refractivity contribution in [3.63, 3.8) is 0 Å². The van der Waals surface area contributed by atoms with Gasteiger partial charge in [0.05, 0.1) is 0 Å². The van der Waals surface area contributed by atoms with Crippen LogP contribution < -0.4 is 0 Å². The summed E-state index contributed by atoms with van der Waals surface area (Å²) in [5.41, 5.74) is 2.63. The first-order chi connectivity index (χ1) is 14.3. The van der Waals surface area contributed by atoms with Crippen LogP contribution in [-0.4, -0.2) is 5.11 Å². The minimum Gasteiger partial charge on any atom is -0.508 e. The van der Waals surface area contributed by atoms with Crippen LogP contribution in [0.25, 0.3) is 0 Å². The third-order valence-electron chi connectivity index (χ3n) is 6.33. The summed E-state index contributed by atoms with van der Waals surface area (Å²) in [7, 11) is 0. The molecule has 0 bridgehead atoms. The number of aromatic hydroxyl groups is 1. The van der Waals surface area contributed by atoms with Gasteiger partial charge in [-0.15, -0.1) is 0 Å². The topological polar surface area (TPSA) is 20.2 Å². The van der Waals surface area contributed by atoms with Gasteiger partial charge in [-0.25, -0.2) is 0 Å². The Bertz CT molecular complexity index is 479. The lowest BCUT2D eigenvalue weighted by Crippen LogP contribution is -1.96. The summed E-state index contributed by atoms with van der Waals surface area (Å²) in [4.78, 5) is 0. The van der Waals surface area contributed by atoms with Crippen molar-refractivity contribution in [3.8, 4) is 5.75 Å². The van der Waals surface area contributed by atoms with Gasteiger partial charge < -0.3 is 5.11 Å². The van der Waals surface area contributed by atoms with Crippen LogP contribution in [0.4, 0.5) is 0 Å². The number of aryl methyl sites for hydroxylation is 1. The highest BCUT2D eigenvalue weighted by atomic mass is 16.3. The zero-order valence-corrected chi connectivity index (χ0v) is 19.8. The molecule has 0 spiro atoms. The first-order valence-corrected chi connectivity index (χ1v) is 13.1. The standard InChI is InChI=1S/C28H50O/c1-3-5-7-9-11-13-14-15-17-19-22-26-23-21-25-28(29)27(26)24-20-18-16-12-10-8-6-4-2/h21,23,25,29H,3-20,22,24H2,1-2H3. The van der Waals surface area contributed by atoms with Crippen LogP contribution in [0.3, 0.4) is 0 Å². The molecule has 0 aliphatic carbocycles. The van der Waals surface area contributed by atoms with Gasteiger partial charge in [-0.3, -0.25) is 0 Å². The number of phenolic OH excluding ortho intramolecular Hbond substituents is 1. The largest absolute Gasteiger partial charge is 0.508 e. The van der Waals surface area contributed by atoms with Gasteiger partial charge in [-0.2, -0.15) is 0 Å². The van der Waals surface area contributed by atoms with Crippen molar-refractivity contribution in [1.29, 1.82) is 0 Å². The molecule has 0 atom stereocenters. The summed E-state index contributed by atoms with van der Waals surface area (Å²) in [6.45, 7) is 4.56. The highest BCUT2D eigenvalue weighted by Crippen LogP contribution is 2.25. The van der Waals surface area contributed by atoms with Crippen LogP contribution in [0, 0.1) is 0 Å². The number of hydrogen-bond donors (Lipinski definition) is 1. The average molecular weight is 403 g/mol. The van der Waals surface area contributed by atoms with Crippen LogP contribution >= 0.6 is 0 Å². The maximum Gasteiger partial charge on any atom is 0.119 e. The molecular formula is C28H50O. The zero-order chi connectivity index (χ0) is 21.0. The SMILES string of the molecule is CCCCCCCCCCCCc1cccc(O)c1CCCCCCCCCC. The number of unbranched alkanes of at least 4 members (excludes halogenated alkanes) is 16. The predicted molar refractivity (Wildman–Crippen MR) is 130 cm³/mol. The van der Waals surface area contributed by atoms with Gasteiger partial charge in [-0.1, -0.05) is 129 Å². The molecule has 0 aliphatic rings. The van der Waals surface area contributed by atoms with E-state index in [0.29, 0.717) is 5.75 Å². The Labute approximate surface area is 182 Å². The maximum absolute atomic E-state index is 10.4. The molecule has 0 heterocycles. The van der Waals surface area contributed by atoms with E-state index in [1.54, 1.807) is 0 Å². The molecule has 1 nitrogen and oxygen atoms in total. The fourth-order valence-corrected chi connectivity index (χ4v) is 4.38. The second kappa shape index (κ2) is 19.0. The van der Waals surface area contributed by atoms with E-state index >= 15 is 0 Å². The molecule has 0 aromatic heterocycles. The molecule has 0 saturated heterocycles. The number of phenols is 1. The van der Waals surface area contributed by atoms with Crippen molar-refractivity contribution in [3.05, 3.63) is 29.3 Å². The molecule has 1 N–H and O–H groups in total. The Balaban J connectivity index is 2.15. The van der Waals surface area contributed by atoms with Crippen molar-refractivity contribution in [2.75, 3.05) is 0 Å². The van der Waals surface area contributed by atoms with E-state index < -0.39 is 0 Å². The third kappa shape index (κ3) is 13.8. The number of benzene rings is 1.